The number of rotatable bonds is 4. The molecule has 3 aromatic rings. The number of halogens is 1. The number of fused-ring (bicyclic) bond motifs is 1. The molecule has 0 spiro atoms. The number of aryl methyl sites for hydroxylation is 2. The zero-order valence-corrected chi connectivity index (χ0v) is 17.0. The molecular weight excluding hydrogens is 374 g/mol. The molecule has 0 radical (unpaired) electrons. The third-order valence-electron chi connectivity index (χ3n) is 5.25. The minimum Gasteiger partial charge on any atom is -0.366 e. The van der Waals surface area contributed by atoms with Crippen LogP contribution in [0.25, 0.3) is 11.0 Å². The summed E-state index contributed by atoms with van der Waals surface area (Å²) in [6.07, 6.45) is 0.637. The van der Waals surface area contributed by atoms with Crippen LogP contribution in [0.2, 0.25) is 5.15 Å². The van der Waals surface area contributed by atoms with Crippen LogP contribution < -0.4 is 10.5 Å². The zero-order valence-electron chi connectivity index (χ0n) is 16.2. The Morgan fingerprint density at radius 1 is 1.11 bits per heavy atom. The Hall–Kier alpha value is -2.44. The molecule has 1 saturated heterocycles. The van der Waals surface area contributed by atoms with Crippen molar-refractivity contribution >= 4 is 28.3 Å². The number of nitrogens with zero attached hydrogens (tertiary/aromatic N) is 4. The number of aromatic amines is 1. The van der Waals surface area contributed by atoms with Gasteiger partial charge in [-0.1, -0.05) is 24.6 Å². The van der Waals surface area contributed by atoms with Gasteiger partial charge in [-0.3, -0.25) is 9.69 Å². The summed E-state index contributed by atoms with van der Waals surface area (Å²) in [4.78, 5) is 28.5. The highest BCUT2D eigenvalue weighted by molar-refractivity contribution is 6.32. The molecule has 0 aliphatic carbocycles. The van der Waals surface area contributed by atoms with Gasteiger partial charge in [0.15, 0.2) is 5.15 Å². The van der Waals surface area contributed by atoms with Gasteiger partial charge < -0.3 is 9.88 Å². The molecule has 0 unspecified atom stereocenters. The Labute approximate surface area is 169 Å². The first-order chi connectivity index (χ1) is 13.5. The number of aromatic nitrogens is 3. The van der Waals surface area contributed by atoms with Gasteiger partial charge in [0.2, 0.25) is 0 Å². The summed E-state index contributed by atoms with van der Waals surface area (Å²) < 4.78 is 0. The predicted molar refractivity (Wildman–Crippen MR) is 113 cm³/mol. The van der Waals surface area contributed by atoms with Crippen molar-refractivity contribution in [1.82, 2.24) is 19.9 Å². The van der Waals surface area contributed by atoms with Crippen molar-refractivity contribution in [1.29, 1.82) is 0 Å². The van der Waals surface area contributed by atoms with Crippen LogP contribution in [0.5, 0.6) is 0 Å². The summed E-state index contributed by atoms with van der Waals surface area (Å²) in [6.45, 7) is 8.46. The SMILES string of the molecule is CCc1nc2ccc(CN3CCN(c4ccc(C)nc4Cl)CC3)cc2[nH]c1=O. The van der Waals surface area contributed by atoms with Gasteiger partial charge in [0.1, 0.15) is 5.69 Å². The first kappa shape index (κ1) is 18.9. The average molecular weight is 398 g/mol. The third-order valence-corrected chi connectivity index (χ3v) is 5.53. The van der Waals surface area contributed by atoms with Gasteiger partial charge in [-0.2, -0.15) is 0 Å². The van der Waals surface area contributed by atoms with Gasteiger partial charge in [-0.05, 0) is 43.2 Å². The molecule has 4 rings (SSSR count). The fourth-order valence-electron chi connectivity index (χ4n) is 3.67. The van der Waals surface area contributed by atoms with Crippen molar-refractivity contribution in [2.45, 2.75) is 26.8 Å². The molecule has 0 saturated carbocycles. The van der Waals surface area contributed by atoms with E-state index in [1.54, 1.807) is 0 Å². The monoisotopic (exact) mass is 397 g/mol. The smallest absolute Gasteiger partial charge is 0.270 e. The third kappa shape index (κ3) is 3.88. The minimum absolute atomic E-state index is 0.0932. The van der Waals surface area contributed by atoms with Crippen molar-refractivity contribution in [2.24, 2.45) is 0 Å². The Kier molecular flexibility index (Phi) is 5.33. The number of benzene rings is 1. The fourth-order valence-corrected chi connectivity index (χ4v) is 3.98. The van der Waals surface area contributed by atoms with E-state index in [2.05, 4.69) is 36.9 Å². The molecule has 1 N–H and O–H groups in total. The van der Waals surface area contributed by atoms with Crippen molar-refractivity contribution in [3.63, 3.8) is 0 Å². The fraction of sp³-hybridized carbons (Fsp3) is 0.381. The second kappa shape index (κ2) is 7.89. The lowest BCUT2D eigenvalue weighted by atomic mass is 10.1. The lowest BCUT2D eigenvalue weighted by Crippen LogP contribution is -2.46. The van der Waals surface area contributed by atoms with Crippen LogP contribution >= 0.6 is 11.6 Å². The second-order valence-electron chi connectivity index (χ2n) is 7.24. The van der Waals surface area contributed by atoms with E-state index >= 15 is 0 Å². The van der Waals surface area contributed by atoms with E-state index < -0.39 is 0 Å². The van der Waals surface area contributed by atoms with Gasteiger partial charge in [0.25, 0.3) is 5.56 Å². The molecule has 0 bridgehead atoms. The lowest BCUT2D eigenvalue weighted by molar-refractivity contribution is 0.250. The van der Waals surface area contributed by atoms with Crippen LogP contribution in [0.15, 0.2) is 35.1 Å². The van der Waals surface area contributed by atoms with Gasteiger partial charge in [0, 0.05) is 38.4 Å². The number of hydrogen-bond donors (Lipinski definition) is 1. The molecule has 3 heterocycles. The maximum Gasteiger partial charge on any atom is 0.270 e. The van der Waals surface area contributed by atoms with E-state index in [1.165, 1.54) is 5.56 Å². The number of nitrogens with one attached hydrogen (secondary N) is 1. The van der Waals surface area contributed by atoms with Crippen LogP contribution in [0.1, 0.15) is 23.9 Å². The number of hydrogen-bond acceptors (Lipinski definition) is 5. The largest absolute Gasteiger partial charge is 0.366 e. The van der Waals surface area contributed by atoms with Crippen molar-refractivity contribution < 1.29 is 0 Å². The number of anilines is 1. The highest BCUT2D eigenvalue weighted by atomic mass is 35.5. The number of piperazine rings is 1. The standard InChI is InChI=1S/C21H24ClN5O/c1-3-16-21(28)25-18-12-15(5-6-17(18)24-16)13-26-8-10-27(11-9-26)19-7-4-14(2)23-20(19)22/h4-7,12H,3,8-11,13H2,1-2H3,(H,25,28). The van der Waals surface area contributed by atoms with Crippen LogP contribution in [0.3, 0.4) is 0 Å². The molecular formula is C21H24ClN5O. The summed E-state index contributed by atoms with van der Waals surface area (Å²) in [6, 6.07) is 10.2. The van der Waals surface area contributed by atoms with Gasteiger partial charge >= 0.3 is 0 Å². The molecule has 1 aromatic carbocycles. The molecule has 7 heteroatoms. The highest BCUT2D eigenvalue weighted by Gasteiger charge is 2.19. The van der Waals surface area contributed by atoms with Crippen molar-refractivity contribution in [2.75, 3.05) is 31.1 Å². The van der Waals surface area contributed by atoms with Gasteiger partial charge in [-0.15, -0.1) is 0 Å². The molecule has 1 aliphatic rings. The van der Waals surface area contributed by atoms with Gasteiger partial charge in [-0.25, -0.2) is 9.97 Å². The van der Waals surface area contributed by atoms with E-state index in [-0.39, 0.29) is 5.56 Å². The molecule has 1 aliphatic heterocycles. The summed E-state index contributed by atoms with van der Waals surface area (Å²) >= 11 is 6.32. The summed E-state index contributed by atoms with van der Waals surface area (Å²) in [5, 5.41) is 0.575. The Morgan fingerprint density at radius 2 is 1.89 bits per heavy atom. The Morgan fingerprint density at radius 3 is 2.61 bits per heavy atom. The molecule has 2 aromatic heterocycles. The minimum atomic E-state index is -0.0932. The summed E-state index contributed by atoms with van der Waals surface area (Å²) in [7, 11) is 0. The maximum absolute atomic E-state index is 12.0. The summed E-state index contributed by atoms with van der Waals surface area (Å²) in [5.41, 5.74) is 5.25. The lowest BCUT2D eigenvalue weighted by Gasteiger charge is -2.36. The molecule has 146 valence electrons. The molecule has 28 heavy (non-hydrogen) atoms. The Bertz CT molecular complexity index is 1060. The van der Waals surface area contributed by atoms with Gasteiger partial charge in [0.05, 0.1) is 16.7 Å². The van der Waals surface area contributed by atoms with Crippen LogP contribution in [0.4, 0.5) is 5.69 Å². The second-order valence-corrected chi connectivity index (χ2v) is 7.60. The van der Waals surface area contributed by atoms with E-state index in [0.717, 1.165) is 55.1 Å². The van der Waals surface area contributed by atoms with Crippen LogP contribution in [-0.2, 0) is 13.0 Å². The Balaban J connectivity index is 1.44. The quantitative estimate of drug-likeness (QED) is 0.685. The maximum atomic E-state index is 12.0. The van der Waals surface area contributed by atoms with Crippen molar-refractivity contribution in [3.8, 4) is 0 Å². The van der Waals surface area contributed by atoms with E-state index in [4.69, 9.17) is 11.6 Å². The zero-order chi connectivity index (χ0) is 19.7. The molecule has 1 fully saturated rings. The number of H-pyrrole nitrogens is 1. The van der Waals surface area contributed by atoms with Crippen LogP contribution in [0, 0.1) is 6.92 Å². The first-order valence-electron chi connectivity index (χ1n) is 9.66. The van der Waals surface area contributed by atoms with E-state index in [0.29, 0.717) is 17.3 Å². The molecule has 0 atom stereocenters. The topological polar surface area (TPSA) is 65.1 Å². The molecule has 6 nitrogen and oxygen atoms in total. The first-order valence-corrected chi connectivity index (χ1v) is 10.0. The number of pyridine rings is 1. The highest BCUT2D eigenvalue weighted by Crippen LogP contribution is 2.25. The normalized spacial score (nSPS) is 15.3. The van der Waals surface area contributed by atoms with E-state index in [9.17, 15) is 4.79 Å². The van der Waals surface area contributed by atoms with E-state index in [1.807, 2.05) is 32.0 Å². The predicted octanol–water partition coefficient (Wildman–Crippen LogP) is 3.16. The molecule has 0 amide bonds. The summed E-state index contributed by atoms with van der Waals surface area (Å²) in [5.74, 6) is 0. The average Bonchev–Trinajstić information content (AvgIpc) is 2.68. The van der Waals surface area contributed by atoms with Crippen molar-refractivity contribution in [3.05, 3.63) is 62.8 Å². The van der Waals surface area contributed by atoms with Crippen LogP contribution in [-0.4, -0.2) is 46.0 Å².